The lowest BCUT2D eigenvalue weighted by Crippen LogP contribution is -2.47. The van der Waals surface area contributed by atoms with Crippen LogP contribution in [0.3, 0.4) is 0 Å². The predicted molar refractivity (Wildman–Crippen MR) is 200 cm³/mol. The molecule has 0 N–H and O–H groups in total. The van der Waals surface area contributed by atoms with Crippen molar-refractivity contribution < 1.29 is 28.6 Å². The molecule has 4 bridgehead atoms. The second-order valence-electron chi connectivity index (χ2n) is 16.6. The Hall–Kier alpha value is -2.15. The Kier molecular flexibility index (Phi) is 18.5. The Morgan fingerprint density at radius 3 is 1.86 bits per heavy atom. The number of hydrogen-bond donors (Lipinski definition) is 0. The number of hydrogen-bond acceptors (Lipinski definition) is 7. The zero-order valence-electron chi connectivity index (χ0n) is 31.9. The largest absolute Gasteiger partial charge is 0.465 e. The molecular weight excluding hydrogens is 626 g/mol. The highest BCUT2D eigenvalue weighted by molar-refractivity contribution is 5.72. The molecule has 0 amide bonds. The molecule has 1 heterocycles. The van der Waals surface area contributed by atoms with Crippen LogP contribution in [-0.2, 0) is 28.6 Å². The normalized spacial score (nSPS) is 25.8. The molecule has 4 aliphatic carbocycles. The lowest BCUT2D eigenvalue weighted by molar-refractivity contribution is -0.159. The lowest BCUT2D eigenvalue weighted by Gasteiger charge is -2.56. The maximum absolute atomic E-state index is 13.2. The van der Waals surface area contributed by atoms with E-state index in [2.05, 4.69) is 43.1 Å². The van der Waals surface area contributed by atoms with E-state index in [1.165, 1.54) is 77.0 Å². The third kappa shape index (κ3) is 14.8. The molecule has 5 aliphatic rings. The van der Waals surface area contributed by atoms with Crippen LogP contribution in [0.2, 0.25) is 0 Å². The highest BCUT2D eigenvalue weighted by Crippen LogP contribution is 2.61. The summed E-state index contributed by atoms with van der Waals surface area (Å²) in [6.45, 7) is 7.66. The number of rotatable bonds is 25. The minimum absolute atomic E-state index is 0.0942. The van der Waals surface area contributed by atoms with E-state index in [0.29, 0.717) is 12.8 Å². The van der Waals surface area contributed by atoms with Crippen LogP contribution in [0.15, 0.2) is 24.3 Å². The van der Waals surface area contributed by atoms with Crippen molar-refractivity contribution in [2.45, 2.75) is 155 Å². The van der Waals surface area contributed by atoms with Crippen molar-refractivity contribution in [2.75, 3.05) is 39.5 Å². The van der Waals surface area contributed by atoms with Gasteiger partial charge in [0, 0.05) is 6.42 Å². The van der Waals surface area contributed by atoms with Gasteiger partial charge >= 0.3 is 17.9 Å². The summed E-state index contributed by atoms with van der Waals surface area (Å²) in [6, 6.07) is 0. The summed E-state index contributed by atoms with van der Waals surface area (Å²) >= 11 is 0. The van der Waals surface area contributed by atoms with Gasteiger partial charge in [0.05, 0.1) is 18.3 Å². The first-order valence-corrected chi connectivity index (χ1v) is 20.9. The first kappa shape index (κ1) is 40.6. The number of nitrogens with zero attached hydrogens (tertiary/aromatic N) is 1. The summed E-state index contributed by atoms with van der Waals surface area (Å²) in [5.41, 5.74) is 0.119. The van der Waals surface area contributed by atoms with Gasteiger partial charge in [-0.05, 0) is 139 Å². The van der Waals surface area contributed by atoms with Crippen molar-refractivity contribution in [3.63, 3.8) is 0 Å². The van der Waals surface area contributed by atoms with Gasteiger partial charge in [-0.2, -0.15) is 0 Å². The Labute approximate surface area is 304 Å². The fourth-order valence-electron chi connectivity index (χ4n) is 9.61. The molecule has 1 aliphatic heterocycles. The summed E-state index contributed by atoms with van der Waals surface area (Å²) in [6.07, 6.45) is 32.8. The molecule has 0 aromatic heterocycles. The summed E-state index contributed by atoms with van der Waals surface area (Å²) in [4.78, 5) is 41.2. The second kappa shape index (κ2) is 22.7. The minimum atomic E-state index is -0.354. The first-order chi connectivity index (χ1) is 24.4. The molecule has 0 aromatic carbocycles. The van der Waals surface area contributed by atoms with Crippen molar-refractivity contribution >= 4 is 17.9 Å². The molecule has 5 rings (SSSR count). The van der Waals surface area contributed by atoms with Crippen LogP contribution >= 0.6 is 0 Å². The molecule has 1 saturated heterocycles. The van der Waals surface area contributed by atoms with Crippen molar-refractivity contribution in [1.82, 2.24) is 4.90 Å². The van der Waals surface area contributed by atoms with Crippen molar-refractivity contribution in [1.29, 1.82) is 0 Å². The van der Waals surface area contributed by atoms with E-state index < -0.39 is 0 Å². The molecule has 1 unspecified atom stereocenters. The molecular formula is C43H71NO6. The van der Waals surface area contributed by atoms with Gasteiger partial charge in [-0.25, -0.2) is 0 Å². The molecule has 0 spiro atoms. The number of carbonyl (C=O) groups is 3. The van der Waals surface area contributed by atoms with Crippen LogP contribution in [0.25, 0.3) is 0 Å². The van der Waals surface area contributed by atoms with Crippen LogP contribution < -0.4 is 0 Å². The van der Waals surface area contributed by atoms with Gasteiger partial charge in [-0.3, -0.25) is 14.4 Å². The number of unbranched alkanes of at least 4 members (excludes halogenated alkanes) is 8. The molecule has 7 nitrogen and oxygen atoms in total. The van der Waals surface area contributed by atoms with Gasteiger partial charge in [0.25, 0.3) is 0 Å². The summed E-state index contributed by atoms with van der Waals surface area (Å²) < 4.78 is 17.3. The van der Waals surface area contributed by atoms with E-state index >= 15 is 0 Å². The molecule has 284 valence electrons. The molecule has 1 atom stereocenters. The molecule has 0 aromatic rings. The molecule has 0 radical (unpaired) electrons. The van der Waals surface area contributed by atoms with Crippen LogP contribution in [-0.4, -0.2) is 62.3 Å². The van der Waals surface area contributed by atoms with E-state index in [0.717, 1.165) is 88.8 Å². The monoisotopic (exact) mass is 698 g/mol. The zero-order chi connectivity index (χ0) is 35.4. The van der Waals surface area contributed by atoms with Crippen LogP contribution in [0, 0.1) is 35.0 Å². The van der Waals surface area contributed by atoms with E-state index in [4.69, 9.17) is 14.2 Å². The number of carbonyl (C=O) groups excluding carboxylic acids is 3. The van der Waals surface area contributed by atoms with Gasteiger partial charge in [0.2, 0.25) is 0 Å². The van der Waals surface area contributed by atoms with Gasteiger partial charge in [-0.1, -0.05) is 70.3 Å². The Morgan fingerprint density at radius 2 is 1.24 bits per heavy atom. The molecule has 5 fully saturated rings. The van der Waals surface area contributed by atoms with Crippen LogP contribution in [0.5, 0.6) is 0 Å². The molecule has 7 heteroatoms. The summed E-state index contributed by atoms with van der Waals surface area (Å²) in [5.74, 6) is 1.36. The number of piperidine rings is 1. The Balaban J connectivity index is 1.12. The maximum atomic E-state index is 13.2. The number of ether oxygens (including phenoxy) is 3. The lowest BCUT2D eigenvalue weighted by atomic mass is 9.49. The maximum Gasteiger partial charge on any atom is 0.309 e. The Morgan fingerprint density at radius 1 is 0.680 bits per heavy atom. The standard InChI is InChI=1S/C43H71NO6/c1-3-5-6-7-8-9-10-11-12-13-14-15-16-17-18-19-40(45)48-32-38(34-50-42(47)39-20-23-44(22-4-2)24-21-39)33-49-41(46)31-43-28-35-25-36(29-43)27-37(26-35)30-43/h8-9,11-12,35-39H,3-7,10,13-34H2,1-2H3/b9-8-,12-11-. The first-order valence-electron chi connectivity index (χ1n) is 20.9. The Bertz CT molecular complexity index is 1020. The van der Waals surface area contributed by atoms with E-state index in [9.17, 15) is 14.4 Å². The quantitative estimate of drug-likeness (QED) is 0.0407. The van der Waals surface area contributed by atoms with Crippen LogP contribution in [0.4, 0.5) is 0 Å². The minimum Gasteiger partial charge on any atom is -0.465 e. The summed E-state index contributed by atoms with van der Waals surface area (Å²) in [7, 11) is 0. The van der Waals surface area contributed by atoms with Gasteiger partial charge in [-0.15, -0.1) is 0 Å². The average molecular weight is 698 g/mol. The zero-order valence-corrected chi connectivity index (χ0v) is 31.9. The van der Waals surface area contributed by atoms with Gasteiger partial charge in [0.1, 0.15) is 19.8 Å². The third-order valence-corrected chi connectivity index (χ3v) is 11.9. The summed E-state index contributed by atoms with van der Waals surface area (Å²) in [5, 5.41) is 0. The highest BCUT2D eigenvalue weighted by Gasteiger charge is 2.51. The van der Waals surface area contributed by atoms with Crippen molar-refractivity contribution in [3.8, 4) is 0 Å². The van der Waals surface area contributed by atoms with Gasteiger partial charge < -0.3 is 19.1 Å². The third-order valence-electron chi connectivity index (χ3n) is 11.9. The molecule has 4 saturated carbocycles. The smallest absolute Gasteiger partial charge is 0.309 e. The fourth-order valence-corrected chi connectivity index (χ4v) is 9.61. The number of allylic oxidation sites excluding steroid dienone is 4. The van der Waals surface area contributed by atoms with E-state index in [1.807, 2.05) is 0 Å². The average Bonchev–Trinajstić information content (AvgIpc) is 3.09. The van der Waals surface area contributed by atoms with Crippen molar-refractivity contribution in [2.24, 2.45) is 35.0 Å². The van der Waals surface area contributed by atoms with Gasteiger partial charge in [0.15, 0.2) is 0 Å². The predicted octanol–water partition coefficient (Wildman–Crippen LogP) is 9.77. The van der Waals surface area contributed by atoms with E-state index in [-0.39, 0.29) is 55.0 Å². The number of likely N-dealkylation sites (tertiary alicyclic amines) is 1. The molecule has 50 heavy (non-hydrogen) atoms. The van der Waals surface area contributed by atoms with Crippen molar-refractivity contribution in [3.05, 3.63) is 24.3 Å². The topological polar surface area (TPSA) is 82.1 Å². The highest BCUT2D eigenvalue weighted by atomic mass is 16.6. The number of esters is 3. The second-order valence-corrected chi connectivity index (χ2v) is 16.6. The fraction of sp³-hybridized carbons (Fsp3) is 0.837. The van der Waals surface area contributed by atoms with E-state index in [1.54, 1.807) is 0 Å². The SMILES string of the molecule is CCCCC/C=C\C/C=C\CCCCCCCC(=O)OCC(COC(=O)CC12CC3CC(CC(C3)C1)C2)COC(=O)C1CCN(CCC)CC1. The van der Waals surface area contributed by atoms with Crippen LogP contribution in [0.1, 0.15) is 155 Å².